The van der Waals surface area contributed by atoms with Gasteiger partial charge >= 0.3 is 0 Å². The van der Waals surface area contributed by atoms with Crippen LogP contribution in [0.25, 0.3) is 0 Å². The Morgan fingerprint density at radius 2 is 2.09 bits per heavy atom. The minimum atomic E-state index is 0.593. The highest BCUT2D eigenvalue weighted by molar-refractivity contribution is 5.79. The maximum Gasteiger partial charge on any atom is 0.191 e. The minimum absolute atomic E-state index is 0.593. The molecule has 0 aromatic carbocycles. The second-order valence-corrected chi connectivity index (χ2v) is 7.13. The molecule has 1 aromatic rings. The van der Waals surface area contributed by atoms with Crippen LogP contribution in [0.3, 0.4) is 0 Å². The van der Waals surface area contributed by atoms with E-state index in [0.29, 0.717) is 6.04 Å². The Bertz CT molecular complexity index is 521. The predicted molar refractivity (Wildman–Crippen MR) is 94.5 cm³/mol. The van der Waals surface area contributed by atoms with Crippen molar-refractivity contribution in [2.45, 2.75) is 64.5 Å². The number of nitrogens with zero attached hydrogens (tertiary/aromatic N) is 3. The molecule has 3 unspecified atom stereocenters. The third-order valence-electron chi connectivity index (χ3n) is 5.67. The molecule has 23 heavy (non-hydrogen) atoms. The van der Waals surface area contributed by atoms with Gasteiger partial charge in [-0.25, -0.2) is 4.98 Å². The lowest BCUT2D eigenvalue weighted by Gasteiger charge is -2.39. The minimum Gasteiger partial charge on any atom is -0.355 e. The van der Waals surface area contributed by atoms with Crippen LogP contribution in [0.2, 0.25) is 0 Å². The zero-order chi connectivity index (χ0) is 16.1. The van der Waals surface area contributed by atoms with Crippen molar-refractivity contribution in [1.82, 2.24) is 20.2 Å². The lowest BCUT2D eigenvalue weighted by molar-refractivity contribution is 0.150. The van der Waals surface area contributed by atoms with Crippen molar-refractivity contribution in [3.05, 3.63) is 18.2 Å². The first-order chi connectivity index (χ1) is 11.3. The van der Waals surface area contributed by atoms with Gasteiger partial charge in [-0.3, -0.25) is 4.99 Å². The van der Waals surface area contributed by atoms with Crippen molar-refractivity contribution in [2.24, 2.45) is 16.8 Å². The second kappa shape index (κ2) is 7.84. The van der Waals surface area contributed by atoms with Gasteiger partial charge in [-0.1, -0.05) is 25.7 Å². The first kappa shape index (κ1) is 16.3. The molecule has 2 fully saturated rings. The first-order valence-corrected chi connectivity index (χ1v) is 9.21. The summed E-state index contributed by atoms with van der Waals surface area (Å²) in [4.78, 5) is 8.65. The summed E-state index contributed by atoms with van der Waals surface area (Å²) in [6, 6.07) is 0.593. The van der Waals surface area contributed by atoms with Crippen LogP contribution in [0.1, 0.15) is 50.8 Å². The quantitative estimate of drug-likeness (QED) is 0.663. The summed E-state index contributed by atoms with van der Waals surface area (Å²) in [7, 11) is 1.87. The molecule has 0 bridgehead atoms. The number of aryl methyl sites for hydroxylation is 1. The van der Waals surface area contributed by atoms with E-state index in [4.69, 9.17) is 0 Å². The number of nitrogens with one attached hydrogen (secondary N) is 2. The van der Waals surface area contributed by atoms with Crippen LogP contribution in [-0.4, -0.2) is 35.1 Å². The van der Waals surface area contributed by atoms with Crippen molar-refractivity contribution in [1.29, 1.82) is 0 Å². The molecule has 2 aliphatic carbocycles. The number of fused-ring (bicyclic) bond motifs is 1. The Morgan fingerprint density at radius 1 is 1.26 bits per heavy atom. The van der Waals surface area contributed by atoms with Crippen LogP contribution < -0.4 is 10.6 Å². The van der Waals surface area contributed by atoms with Crippen molar-refractivity contribution in [2.75, 3.05) is 13.6 Å². The molecule has 5 nitrogen and oxygen atoms in total. The number of guanidine groups is 1. The summed E-state index contributed by atoms with van der Waals surface area (Å²) >= 11 is 0. The molecule has 3 rings (SSSR count). The third-order valence-corrected chi connectivity index (χ3v) is 5.67. The Kier molecular flexibility index (Phi) is 5.57. The number of aromatic nitrogens is 2. The molecule has 128 valence electrons. The van der Waals surface area contributed by atoms with Gasteiger partial charge < -0.3 is 15.2 Å². The monoisotopic (exact) mass is 317 g/mol. The van der Waals surface area contributed by atoms with E-state index in [-0.39, 0.29) is 0 Å². The second-order valence-electron chi connectivity index (χ2n) is 7.13. The molecule has 1 aromatic heterocycles. The van der Waals surface area contributed by atoms with Crippen molar-refractivity contribution in [3.63, 3.8) is 0 Å². The normalized spacial score (nSPS) is 28.3. The van der Waals surface area contributed by atoms with E-state index < -0.39 is 0 Å². The fourth-order valence-electron chi connectivity index (χ4n) is 4.33. The number of hydrogen-bond acceptors (Lipinski definition) is 2. The summed E-state index contributed by atoms with van der Waals surface area (Å²) in [5.41, 5.74) is 0. The first-order valence-electron chi connectivity index (χ1n) is 9.21. The Labute approximate surface area is 140 Å². The highest BCUT2D eigenvalue weighted by Gasteiger charge is 2.32. The van der Waals surface area contributed by atoms with Gasteiger partial charge in [0.2, 0.25) is 0 Å². The summed E-state index contributed by atoms with van der Waals surface area (Å²) in [5.74, 6) is 3.95. The standard InChI is InChI=1S/C18H31N5/c1-14-20-9-11-23(14)12-10-21-18(19-2)22-17-8-7-15-5-3-4-6-16(15)13-17/h9,11,15-17H,3-8,10,12-13H2,1-2H3,(H2,19,21,22). The van der Waals surface area contributed by atoms with Gasteiger partial charge in [0.1, 0.15) is 5.82 Å². The van der Waals surface area contributed by atoms with Gasteiger partial charge in [0.15, 0.2) is 5.96 Å². The smallest absolute Gasteiger partial charge is 0.191 e. The van der Waals surface area contributed by atoms with Crippen LogP contribution in [-0.2, 0) is 6.54 Å². The van der Waals surface area contributed by atoms with E-state index in [0.717, 1.165) is 36.7 Å². The van der Waals surface area contributed by atoms with E-state index in [2.05, 4.69) is 25.2 Å². The zero-order valence-electron chi connectivity index (χ0n) is 14.6. The average Bonchev–Trinajstić information content (AvgIpc) is 2.99. The number of aliphatic imine (C=N–C) groups is 1. The van der Waals surface area contributed by atoms with Gasteiger partial charge in [0, 0.05) is 38.6 Å². The highest BCUT2D eigenvalue weighted by Crippen LogP contribution is 2.40. The van der Waals surface area contributed by atoms with Crippen molar-refractivity contribution >= 4 is 5.96 Å². The highest BCUT2D eigenvalue weighted by atomic mass is 15.2. The van der Waals surface area contributed by atoms with Gasteiger partial charge in [0.05, 0.1) is 0 Å². The fraction of sp³-hybridized carbons (Fsp3) is 0.778. The van der Waals surface area contributed by atoms with Crippen molar-refractivity contribution in [3.8, 4) is 0 Å². The molecular weight excluding hydrogens is 286 g/mol. The number of rotatable bonds is 4. The molecule has 2 saturated carbocycles. The maximum absolute atomic E-state index is 4.40. The van der Waals surface area contributed by atoms with Crippen LogP contribution in [0.4, 0.5) is 0 Å². The molecule has 2 aliphatic rings. The number of hydrogen-bond donors (Lipinski definition) is 2. The lowest BCUT2D eigenvalue weighted by Crippen LogP contribution is -2.47. The molecule has 5 heteroatoms. The van der Waals surface area contributed by atoms with Gasteiger partial charge in [-0.05, 0) is 38.0 Å². The van der Waals surface area contributed by atoms with Crippen molar-refractivity contribution < 1.29 is 0 Å². The molecular formula is C18H31N5. The third kappa shape index (κ3) is 4.27. The van der Waals surface area contributed by atoms with E-state index in [1.54, 1.807) is 0 Å². The summed E-state index contributed by atoms with van der Waals surface area (Å²) in [5, 5.41) is 7.09. The van der Waals surface area contributed by atoms with E-state index in [9.17, 15) is 0 Å². The Balaban J connectivity index is 1.43. The zero-order valence-corrected chi connectivity index (χ0v) is 14.6. The lowest BCUT2D eigenvalue weighted by atomic mass is 9.69. The molecule has 3 atom stereocenters. The molecule has 0 saturated heterocycles. The SMILES string of the molecule is CN=C(NCCn1ccnc1C)NC1CCC2CCCCC2C1. The molecule has 0 radical (unpaired) electrons. The molecule has 2 N–H and O–H groups in total. The maximum atomic E-state index is 4.40. The van der Waals surface area contributed by atoms with Crippen LogP contribution >= 0.6 is 0 Å². The summed E-state index contributed by atoms with van der Waals surface area (Å²) < 4.78 is 2.16. The van der Waals surface area contributed by atoms with Gasteiger partial charge in [-0.2, -0.15) is 0 Å². The van der Waals surface area contributed by atoms with Gasteiger partial charge in [0.25, 0.3) is 0 Å². The summed E-state index contributed by atoms with van der Waals surface area (Å²) in [6.07, 6.45) is 13.7. The topological polar surface area (TPSA) is 54.2 Å². The largest absolute Gasteiger partial charge is 0.355 e. The van der Waals surface area contributed by atoms with E-state index in [1.165, 1.54) is 44.9 Å². The van der Waals surface area contributed by atoms with E-state index >= 15 is 0 Å². The van der Waals surface area contributed by atoms with Crippen LogP contribution in [0.5, 0.6) is 0 Å². The Hall–Kier alpha value is -1.52. The predicted octanol–water partition coefficient (Wildman–Crippen LogP) is 2.72. The number of imidazole rings is 1. The van der Waals surface area contributed by atoms with E-state index in [1.807, 2.05) is 26.4 Å². The molecule has 1 heterocycles. The fourth-order valence-corrected chi connectivity index (χ4v) is 4.33. The molecule has 0 spiro atoms. The van der Waals surface area contributed by atoms with Gasteiger partial charge in [-0.15, -0.1) is 0 Å². The summed E-state index contributed by atoms with van der Waals surface area (Å²) in [6.45, 7) is 3.83. The van der Waals surface area contributed by atoms with Crippen LogP contribution in [0, 0.1) is 18.8 Å². The molecule has 0 amide bonds. The molecule has 0 aliphatic heterocycles. The average molecular weight is 317 g/mol. The van der Waals surface area contributed by atoms with Crippen LogP contribution in [0.15, 0.2) is 17.4 Å². The Morgan fingerprint density at radius 3 is 2.83 bits per heavy atom.